The lowest BCUT2D eigenvalue weighted by molar-refractivity contribution is -0.149. The first-order chi connectivity index (χ1) is 8.23. The minimum atomic E-state index is -1.13. The van der Waals surface area contributed by atoms with Gasteiger partial charge >= 0.3 is 5.97 Å². The highest BCUT2D eigenvalue weighted by atomic mass is 16.4. The molecule has 0 bridgehead atoms. The van der Waals surface area contributed by atoms with E-state index in [1.807, 2.05) is 0 Å². The van der Waals surface area contributed by atoms with Crippen LogP contribution < -0.4 is 5.32 Å². The van der Waals surface area contributed by atoms with Crippen molar-refractivity contribution in [3.63, 3.8) is 0 Å². The molecule has 1 rings (SSSR count). The number of pyridine rings is 1. The van der Waals surface area contributed by atoms with Crippen molar-refractivity contribution < 1.29 is 14.7 Å². The molecule has 1 amide bonds. The number of rotatable bonds is 3. The Labute approximate surface area is 106 Å². The van der Waals surface area contributed by atoms with Crippen molar-refractivity contribution in [3.8, 4) is 0 Å². The smallest absolute Gasteiger partial charge is 0.316 e. The standard InChI is InChI=1S/C13H18N2O3/c1-8-6-5-7-14-10(8)15-11(16)9(12(17)18)13(2,3)4/h5-7,9H,1-4H3,(H,17,18)(H,14,15,16). The topological polar surface area (TPSA) is 79.3 Å². The fraction of sp³-hybridized carbons (Fsp3) is 0.462. The average Bonchev–Trinajstić information content (AvgIpc) is 2.18. The Bertz CT molecular complexity index is 464. The first kappa shape index (κ1) is 14.2. The molecule has 98 valence electrons. The van der Waals surface area contributed by atoms with E-state index in [4.69, 9.17) is 5.11 Å². The number of nitrogens with zero attached hydrogens (tertiary/aromatic N) is 1. The van der Waals surface area contributed by atoms with Crippen molar-refractivity contribution in [2.45, 2.75) is 27.7 Å². The van der Waals surface area contributed by atoms with Crippen LogP contribution in [0.25, 0.3) is 0 Å². The van der Waals surface area contributed by atoms with Gasteiger partial charge in [0.25, 0.3) is 0 Å². The molecule has 18 heavy (non-hydrogen) atoms. The van der Waals surface area contributed by atoms with Gasteiger partial charge < -0.3 is 10.4 Å². The Morgan fingerprint density at radius 3 is 2.44 bits per heavy atom. The van der Waals surface area contributed by atoms with E-state index in [0.717, 1.165) is 5.56 Å². The molecular weight excluding hydrogens is 232 g/mol. The number of amides is 1. The van der Waals surface area contributed by atoms with Gasteiger partial charge in [0.1, 0.15) is 11.7 Å². The maximum Gasteiger partial charge on any atom is 0.316 e. The summed E-state index contributed by atoms with van der Waals surface area (Å²) in [6.07, 6.45) is 1.55. The van der Waals surface area contributed by atoms with Gasteiger partial charge in [0.15, 0.2) is 0 Å². The number of carboxylic acids is 1. The third-order valence-electron chi connectivity index (χ3n) is 2.63. The van der Waals surface area contributed by atoms with Crippen LogP contribution in [0.1, 0.15) is 26.3 Å². The van der Waals surface area contributed by atoms with Crippen LogP contribution in [-0.4, -0.2) is 22.0 Å². The molecule has 0 aliphatic heterocycles. The molecule has 0 saturated carbocycles. The zero-order valence-corrected chi connectivity index (χ0v) is 11.0. The van der Waals surface area contributed by atoms with Gasteiger partial charge in [-0.25, -0.2) is 4.98 Å². The Morgan fingerprint density at radius 1 is 1.39 bits per heavy atom. The molecule has 0 fully saturated rings. The highest BCUT2D eigenvalue weighted by Crippen LogP contribution is 2.27. The lowest BCUT2D eigenvalue weighted by Gasteiger charge is -2.25. The fourth-order valence-electron chi connectivity index (χ4n) is 1.68. The van der Waals surface area contributed by atoms with Crippen LogP contribution in [0.15, 0.2) is 18.3 Å². The van der Waals surface area contributed by atoms with Gasteiger partial charge in [0, 0.05) is 6.20 Å². The molecule has 1 unspecified atom stereocenters. The number of hydrogen-bond donors (Lipinski definition) is 2. The Morgan fingerprint density at radius 2 is 2.00 bits per heavy atom. The van der Waals surface area contributed by atoms with Crippen LogP contribution in [0.4, 0.5) is 5.82 Å². The second-order valence-corrected chi connectivity index (χ2v) is 5.30. The number of carbonyl (C=O) groups excluding carboxylic acids is 1. The lowest BCUT2D eigenvalue weighted by atomic mass is 9.80. The molecule has 1 atom stereocenters. The van der Waals surface area contributed by atoms with E-state index in [0.29, 0.717) is 5.82 Å². The molecule has 5 nitrogen and oxygen atoms in total. The van der Waals surface area contributed by atoms with Crippen molar-refractivity contribution in [1.29, 1.82) is 0 Å². The highest BCUT2D eigenvalue weighted by molar-refractivity contribution is 6.04. The molecule has 0 saturated heterocycles. The van der Waals surface area contributed by atoms with Crippen molar-refractivity contribution in [2.24, 2.45) is 11.3 Å². The third kappa shape index (κ3) is 3.29. The van der Waals surface area contributed by atoms with Crippen LogP contribution in [0.5, 0.6) is 0 Å². The van der Waals surface area contributed by atoms with Crippen LogP contribution in [-0.2, 0) is 9.59 Å². The zero-order chi connectivity index (χ0) is 13.9. The SMILES string of the molecule is Cc1cccnc1NC(=O)C(C(=O)O)C(C)(C)C. The number of carboxylic acid groups (broad SMARTS) is 1. The molecule has 1 aromatic heterocycles. The fourth-order valence-corrected chi connectivity index (χ4v) is 1.68. The number of aryl methyl sites for hydroxylation is 1. The average molecular weight is 250 g/mol. The van der Waals surface area contributed by atoms with Crippen molar-refractivity contribution in [1.82, 2.24) is 4.98 Å². The first-order valence-corrected chi connectivity index (χ1v) is 5.69. The van der Waals surface area contributed by atoms with Crippen molar-refractivity contribution in [3.05, 3.63) is 23.9 Å². The van der Waals surface area contributed by atoms with E-state index >= 15 is 0 Å². The quantitative estimate of drug-likeness (QED) is 0.805. The second kappa shape index (κ2) is 5.16. The summed E-state index contributed by atoms with van der Waals surface area (Å²) in [5, 5.41) is 11.7. The van der Waals surface area contributed by atoms with Crippen LogP contribution in [0.3, 0.4) is 0 Å². The molecular formula is C13H18N2O3. The number of hydrogen-bond acceptors (Lipinski definition) is 3. The van der Waals surface area contributed by atoms with E-state index < -0.39 is 23.2 Å². The normalized spacial score (nSPS) is 12.9. The molecule has 0 spiro atoms. The molecule has 1 aromatic rings. The van der Waals surface area contributed by atoms with Gasteiger partial charge in [-0.1, -0.05) is 26.8 Å². The largest absolute Gasteiger partial charge is 0.481 e. The summed E-state index contributed by atoms with van der Waals surface area (Å²) in [5.74, 6) is -2.39. The van der Waals surface area contributed by atoms with Gasteiger partial charge in [-0.15, -0.1) is 0 Å². The minimum Gasteiger partial charge on any atom is -0.481 e. The van der Waals surface area contributed by atoms with E-state index in [1.165, 1.54) is 0 Å². The summed E-state index contributed by atoms with van der Waals surface area (Å²) in [6, 6.07) is 3.55. The summed E-state index contributed by atoms with van der Waals surface area (Å²) < 4.78 is 0. The third-order valence-corrected chi connectivity index (χ3v) is 2.63. The Balaban J connectivity index is 2.94. The van der Waals surface area contributed by atoms with E-state index in [2.05, 4.69) is 10.3 Å². The summed E-state index contributed by atoms with van der Waals surface area (Å²) in [6.45, 7) is 6.96. The molecule has 0 aliphatic carbocycles. The van der Waals surface area contributed by atoms with Gasteiger partial charge in [-0.2, -0.15) is 0 Å². The van der Waals surface area contributed by atoms with Crippen molar-refractivity contribution in [2.75, 3.05) is 5.32 Å². The molecule has 0 radical (unpaired) electrons. The number of carbonyl (C=O) groups is 2. The second-order valence-electron chi connectivity index (χ2n) is 5.30. The number of aliphatic carboxylic acids is 1. The van der Waals surface area contributed by atoms with E-state index in [1.54, 1.807) is 46.0 Å². The van der Waals surface area contributed by atoms with Gasteiger partial charge in [-0.05, 0) is 24.0 Å². The highest BCUT2D eigenvalue weighted by Gasteiger charge is 2.37. The zero-order valence-electron chi connectivity index (χ0n) is 11.0. The van der Waals surface area contributed by atoms with Crippen LogP contribution >= 0.6 is 0 Å². The number of aromatic nitrogens is 1. The summed E-state index contributed by atoms with van der Waals surface area (Å²) in [5.41, 5.74) is 0.141. The molecule has 0 aromatic carbocycles. The maximum absolute atomic E-state index is 12.0. The summed E-state index contributed by atoms with van der Waals surface area (Å²) in [4.78, 5) is 27.2. The molecule has 2 N–H and O–H groups in total. The van der Waals surface area contributed by atoms with Gasteiger partial charge in [0.2, 0.25) is 5.91 Å². The Hall–Kier alpha value is -1.91. The first-order valence-electron chi connectivity index (χ1n) is 5.69. The minimum absolute atomic E-state index is 0.401. The van der Waals surface area contributed by atoms with E-state index in [9.17, 15) is 9.59 Å². The number of anilines is 1. The summed E-state index contributed by atoms with van der Waals surface area (Å²) in [7, 11) is 0. The van der Waals surface area contributed by atoms with Crippen LogP contribution in [0, 0.1) is 18.3 Å². The molecule has 1 heterocycles. The Kier molecular flexibility index (Phi) is 4.06. The molecule has 0 aliphatic rings. The lowest BCUT2D eigenvalue weighted by Crippen LogP contribution is -2.39. The van der Waals surface area contributed by atoms with Gasteiger partial charge in [-0.3, -0.25) is 9.59 Å². The van der Waals surface area contributed by atoms with Crippen molar-refractivity contribution >= 4 is 17.7 Å². The monoisotopic (exact) mass is 250 g/mol. The van der Waals surface area contributed by atoms with Gasteiger partial charge in [0.05, 0.1) is 0 Å². The predicted molar refractivity (Wildman–Crippen MR) is 68.2 cm³/mol. The molecule has 5 heteroatoms. The predicted octanol–water partition coefficient (Wildman–Crippen LogP) is 2.08. The van der Waals surface area contributed by atoms with E-state index in [-0.39, 0.29) is 0 Å². The van der Waals surface area contributed by atoms with Crippen LogP contribution in [0.2, 0.25) is 0 Å². The summed E-state index contributed by atoms with van der Waals surface area (Å²) >= 11 is 0. The number of nitrogens with one attached hydrogen (secondary N) is 1. The maximum atomic E-state index is 12.0.